The molecule has 0 bridgehead atoms. The predicted octanol–water partition coefficient (Wildman–Crippen LogP) is 3.03. The molecule has 0 saturated heterocycles. The van der Waals surface area contributed by atoms with Crippen molar-refractivity contribution in [1.82, 2.24) is 5.32 Å². The number of ether oxygens (including phenoxy) is 1. The molecule has 1 aliphatic rings. The second kappa shape index (κ2) is 5.31. The molecule has 1 aliphatic carbocycles. The van der Waals surface area contributed by atoms with Crippen LogP contribution in [-0.4, -0.2) is 17.4 Å². The van der Waals surface area contributed by atoms with Crippen molar-refractivity contribution in [1.29, 1.82) is 0 Å². The van der Waals surface area contributed by atoms with Crippen molar-refractivity contribution in [3.05, 3.63) is 35.4 Å². The standard InChI is InChI=1S/C14H17Cl2NO2/c1-13(9-14(13,15)16)12(18)17-7-10-4-3-5-11(6-10)8-19-2/h3-6H,7-9H2,1-2H3,(H,17,18)/t13-/m0/s1. The number of rotatable bonds is 5. The number of alkyl halides is 2. The van der Waals surface area contributed by atoms with Gasteiger partial charge in [-0.05, 0) is 24.5 Å². The smallest absolute Gasteiger partial charge is 0.229 e. The van der Waals surface area contributed by atoms with E-state index in [9.17, 15) is 4.79 Å². The maximum Gasteiger partial charge on any atom is 0.229 e. The average Bonchev–Trinajstić information content (AvgIpc) is 2.88. The molecule has 104 valence electrons. The Balaban J connectivity index is 1.92. The Labute approximate surface area is 123 Å². The Morgan fingerprint density at radius 2 is 2.05 bits per heavy atom. The van der Waals surface area contributed by atoms with E-state index in [4.69, 9.17) is 27.9 Å². The van der Waals surface area contributed by atoms with E-state index in [1.165, 1.54) is 0 Å². The zero-order valence-corrected chi connectivity index (χ0v) is 12.5. The van der Waals surface area contributed by atoms with Crippen LogP contribution in [-0.2, 0) is 22.7 Å². The van der Waals surface area contributed by atoms with E-state index >= 15 is 0 Å². The van der Waals surface area contributed by atoms with Gasteiger partial charge in [0.1, 0.15) is 4.33 Å². The maximum atomic E-state index is 12.0. The molecule has 0 heterocycles. The molecular weight excluding hydrogens is 285 g/mol. The second-order valence-electron chi connectivity index (χ2n) is 5.15. The van der Waals surface area contributed by atoms with Gasteiger partial charge in [0.2, 0.25) is 5.91 Å². The molecule has 3 nitrogen and oxygen atoms in total. The van der Waals surface area contributed by atoms with Gasteiger partial charge in [0.15, 0.2) is 0 Å². The third kappa shape index (κ3) is 3.04. The number of methoxy groups -OCH3 is 1. The summed E-state index contributed by atoms with van der Waals surface area (Å²) in [7, 11) is 1.66. The first-order valence-electron chi connectivity index (χ1n) is 6.12. The molecule has 19 heavy (non-hydrogen) atoms. The Bertz CT molecular complexity index is 490. The van der Waals surface area contributed by atoms with Gasteiger partial charge in [-0.1, -0.05) is 24.3 Å². The van der Waals surface area contributed by atoms with Crippen molar-refractivity contribution in [3.63, 3.8) is 0 Å². The van der Waals surface area contributed by atoms with Crippen molar-refractivity contribution in [2.45, 2.75) is 30.8 Å². The summed E-state index contributed by atoms with van der Waals surface area (Å²) in [6.45, 7) is 2.81. The lowest BCUT2D eigenvalue weighted by Crippen LogP contribution is -2.32. The average molecular weight is 302 g/mol. The first-order chi connectivity index (χ1) is 8.89. The second-order valence-corrected chi connectivity index (χ2v) is 6.63. The fourth-order valence-corrected chi connectivity index (χ4v) is 2.73. The number of benzene rings is 1. The SMILES string of the molecule is COCc1cccc(CNC(=O)[C@]2(C)CC2(Cl)Cl)c1. The fraction of sp³-hybridized carbons (Fsp3) is 0.500. The van der Waals surface area contributed by atoms with E-state index in [1.807, 2.05) is 24.3 Å². The number of carbonyl (C=O) groups is 1. The number of carbonyl (C=O) groups excluding carboxylic acids is 1. The first kappa shape index (κ1) is 14.6. The van der Waals surface area contributed by atoms with Crippen molar-refractivity contribution < 1.29 is 9.53 Å². The molecule has 1 fully saturated rings. The molecule has 0 spiro atoms. The number of nitrogens with one attached hydrogen (secondary N) is 1. The first-order valence-corrected chi connectivity index (χ1v) is 6.87. The minimum absolute atomic E-state index is 0.102. The van der Waals surface area contributed by atoms with Crippen molar-refractivity contribution in [2.75, 3.05) is 7.11 Å². The summed E-state index contributed by atoms with van der Waals surface area (Å²) in [4.78, 5) is 12.0. The molecule has 1 aromatic rings. The van der Waals surface area contributed by atoms with E-state index in [1.54, 1.807) is 14.0 Å². The Kier molecular flexibility index (Phi) is 4.09. The maximum absolute atomic E-state index is 12.0. The molecular formula is C14H17Cl2NO2. The van der Waals surface area contributed by atoms with Gasteiger partial charge >= 0.3 is 0 Å². The summed E-state index contributed by atoms with van der Waals surface area (Å²) in [6, 6.07) is 7.90. The third-order valence-corrected chi connectivity index (χ3v) is 4.62. The minimum atomic E-state index is -0.922. The Hall–Kier alpha value is -0.770. The number of hydrogen-bond donors (Lipinski definition) is 1. The van der Waals surface area contributed by atoms with Crippen molar-refractivity contribution >= 4 is 29.1 Å². The number of amides is 1. The quantitative estimate of drug-likeness (QED) is 0.849. The third-order valence-electron chi connectivity index (χ3n) is 3.51. The highest BCUT2D eigenvalue weighted by Gasteiger charge is 2.67. The monoisotopic (exact) mass is 301 g/mol. The topological polar surface area (TPSA) is 38.3 Å². The van der Waals surface area contributed by atoms with Crippen LogP contribution >= 0.6 is 23.2 Å². The highest BCUT2D eigenvalue weighted by atomic mass is 35.5. The summed E-state index contributed by atoms with van der Waals surface area (Å²) < 4.78 is 4.16. The summed E-state index contributed by atoms with van der Waals surface area (Å²) in [6.07, 6.45) is 0.499. The molecule has 0 aliphatic heterocycles. The van der Waals surface area contributed by atoms with E-state index in [0.29, 0.717) is 19.6 Å². The Morgan fingerprint density at radius 1 is 1.42 bits per heavy atom. The van der Waals surface area contributed by atoms with Gasteiger partial charge in [-0.25, -0.2) is 0 Å². The predicted molar refractivity (Wildman–Crippen MR) is 76.2 cm³/mol. The molecule has 0 unspecified atom stereocenters. The molecule has 5 heteroatoms. The van der Waals surface area contributed by atoms with Gasteiger partial charge in [-0.3, -0.25) is 4.79 Å². The van der Waals surface area contributed by atoms with Crippen LogP contribution in [0.3, 0.4) is 0 Å². The highest BCUT2D eigenvalue weighted by Crippen LogP contribution is 2.63. The normalized spacial score (nSPS) is 24.0. The van der Waals surface area contributed by atoms with E-state index < -0.39 is 9.75 Å². The summed E-state index contributed by atoms with van der Waals surface area (Å²) in [5.74, 6) is -0.102. The van der Waals surface area contributed by atoms with Crippen LogP contribution in [0.2, 0.25) is 0 Å². The zero-order chi connectivity index (χ0) is 14.1. The van der Waals surface area contributed by atoms with Gasteiger partial charge in [0, 0.05) is 13.7 Å². The van der Waals surface area contributed by atoms with Gasteiger partial charge < -0.3 is 10.1 Å². The lowest BCUT2D eigenvalue weighted by Gasteiger charge is -2.13. The van der Waals surface area contributed by atoms with Gasteiger partial charge in [-0.15, -0.1) is 23.2 Å². The molecule has 1 saturated carbocycles. The van der Waals surface area contributed by atoms with Crippen LogP contribution in [0.4, 0.5) is 0 Å². The number of hydrogen-bond acceptors (Lipinski definition) is 2. The minimum Gasteiger partial charge on any atom is -0.380 e. The van der Waals surface area contributed by atoms with Gasteiger partial charge in [0.05, 0.1) is 12.0 Å². The van der Waals surface area contributed by atoms with Crippen LogP contribution < -0.4 is 5.32 Å². The van der Waals surface area contributed by atoms with E-state index in [-0.39, 0.29) is 5.91 Å². The largest absolute Gasteiger partial charge is 0.380 e. The van der Waals surface area contributed by atoms with Crippen LogP contribution in [0.5, 0.6) is 0 Å². The van der Waals surface area contributed by atoms with Crippen LogP contribution in [0.15, 0.2) is 24.3 Å². The lowest BCUT2D eigenvalue weighted by molar-refractivity contribution is -0.125. The summed E-state index contributed by atoms with van der Waals surface area (Å²) in [5, 5.41) is 2.88. The molecule has 1 aromatic carbocycles. The fourth-order valence-electron chi connectivity index (χ4n) is 2.02. The molecule has 0 aromatic heterocycles. The summed E-state index contributed by atoms with van der Waals surface area (Å²) >= 11 is 12.0. The molecule has 2 rings (SSSR count). The number of halogens is 2. The molecule has 1 amide bonds. The van der Waals surface area contributed by atoms with Crippen molar-refractivity contribution in [2.24, 2.45) is 5.41 Å². The van der Waals surface area contributed by atoms with E-state index in [2.05, 4.69) is 5.32 Å². The van der Waals surface area contributed by atoms with Gasteiger partial charge in [0.25, 0.3) is 0 Å². The van der Waals surface area contributed by atoms with Crippen LogP contribution in [0.1, 0.15) is 24.5 Å². The molecule has 0 radical (unpaired) electrons. The van der Waals surface area contributed by atoms with Crippen LogP contribution in [0, 0.1) is 5.41 Å². The van der Waals surface area contributed by atoms with Crippen LogP contribution in [0.25, 0.3) is 0 Å². The highest BCUT2D eigenvalue weighted by molar-refractivity contribution is 6.53. The molecule has 1 N–H and O–H groups in total. The molecule has 1 atom stereocenters. The van der Waals surface area contributed by atoms with E-state index in [0.717, 1.165) is 11.1 Å². The lowest BCUT2D eigenvalue weighted by atomic mass is 10.1. The summed E-state index contributed by atoms with van der Waals surface area (Å²) in [5.41, 5.74) is 1.44. The Morgan fingerprint density at radius 3 is 2.63 bits per heavy atom. The van der Waals surface area contributed by atoms with Gasteiger partial charge in [-0.2, -0.15) is 0 Å². The zero-order valence-electron chi connectivity index (χ0n) is 11.0. The van der Waals surface area contributed by atoms with Crippen molar-refractivity contribution in [3.8, 4) is 0 Å².